The Bertz CT molecular complexity index is 352. The number of hydrogen-bond donors (Lipinski definition) is 1. The molecule has 0 spiro atoms. The first-order valence-electron chi connectivity index (χ1n) is 3.79. The first kappa shape index (κ1) is 10.0. The molecule has 1 rings (SSSR count). The van der Waals surface area contributed by atoms with Gasteiger partial charge < -0.3 is 5.11 Å². The fourth-order valence-electron chi connectivity index (χ4n) is 0.794. The maximum Gasteiger partial charge on any atom is 0.143 e. The minimum atomic E-state index is -0.475. The summed E-state index contributed by atoms with van der Waals surface area (Å²) < 4.78 is 12.8. The van der Waals surface area contributed by atoms with E-state index in [2.05, 4.69) is 11.8 Å². The smallest absolute Gasteiger partial charge is 0.143 e. The zero-order valence-electron chi connectivity index (χ0n) is 6.85. The molecule has 0 bridgehead atoms. The van der Waals surface area contributed by atoms with Gasteiger partial charge in [-0.2, -0.15) is 0 Å². The second-order valence-corrected chi connectivity index (χ2v) is 2.81. The number of hydrogen-bond acceptors (Lipinski definition) is 1. The topological polar surface area (TPSA) is 20.2 Å². The number of benzene rings is 1. The van der Waals surface area contributed by atoms with Crippen molar-refractivity contribution in [2.75, 3.05) is 6.61 Å². The Kier molecular flexibility index (Phi) is 3.75. The summed E-state index contributed by atoms with van der Waals surface area (Å²) in [5, 5.41) is 8.54. The van der Waals surface area contributed by atoms with E-state index in [1.807, 2.05) is 0 Å². The van der Waals surface area contributed by atoms with Gasteiger partial charge in [-0.25, -0.2) is 4.39 Å². The lowest BCUT2D eigenvalue weighted by molar-refractivity contribution is 0.305. The molecule has 0 aromatic heterocycles. The van der Waals surface area contributed by atoms with Crippen LogP contribution in [-0.2, 0) is 0 Å². The van der Waals surface area contributed by atoms with Crippen LogP contribution in [-0.4, -0.2) is 11.7 Å². The molecule has 1 aromatic rings. The Hall–Kier alpha value is -1.04. The van der Waals surface area contributed by atoms with E-state index in [9.17, 15) is 4.39 Å². The molecule has 0 saturated heterocycles. The standard InChI is InChI=1S/C10H8ClFO/c11-9-5-4-8(7-10(9)12)3-1-2-6-13/h4-5,7,13H,2,6H2. The first-order chi connectivity index (χ1) is 6.24. The molecule has 0 atom stereocenters. The quantitative estimate of drug-likeness (QED) is 0.686. The normalized spacial score (nSPS) is 9.15. The first-order valence-corrected chi connectivity index (χ1v) is 4.16. The third-order valence-electron chi connectivity index (χ3n) is 1.39. The molecule has 0 radical (unpaired) electrons. The number of aliphatic hydroxyl groups excluding tert-OH is 1. The third-order valence-corrected chi connectivity index (χ3v) is 1.70. The Morgan fingerprint density at radius 2 is 2.23 bits per heavy atom. The molecule has 13 heavy (non-hydrogen) atoms. The van der Waals surface area contributed by atoms with Crippen LogP contribution >= 0.6 is 11.6 Å². The van der Waals surface area contributed by atoms with Crippen molar-refractivity contribution in [2.45, 2.75) is 6.42 Å². The Morgan fingerprint density at radius 1 is 1.46 bits per heavy atom. The van der Waals surface area contributed by atoms with Gasteiger partial charge in [0.25, 0.3) is 0 Å². The van der Waals surface area contributed by atoms with Crippen molar-refractivity contribution in [2.24, 2.45) is 0 Å². The molecule has 0 saturated carbocycles. The van der Waals surface area contributed by atoms with Gasteiger partial charge in [0.05, 0.1) is 11.6 Å². The molecule has 0 aliphatic carbocycles. The highest BCUT2D eigenvalue weighted by Crippen LogP contribution is 2.14. The van der Waals surface area contributed by atoms with E-state index in [4.69, 9.17) is 16.7 Å². The number of aliphatic hydroxyl groups is 1. The highest BCUT2D eigenvalue weighted by Gasteiger charge is 1.97. The van der Waals surface area contributed by atoms with Gasteiger partial charge in [-0.15, -0.1) is 0 Å². The van der Waals surface area contributed by atoms with Crippen molar-refractivity contribution in [1.82, 2.24) is 0 Å². The molecule has 3 heteroatoms. The van der Waals surface area contributed by atoms with Crippen LogP contribution in [0.2, 0.25) is 5.02 Å². The molecule has 1 nitrogen and oxygen atoms in total. The molecule has 1 N–H and O–H groups in total. The van der Waals surface area contributed by atoms with Crippen LogP contribution in [0.3, 0.4) is 0 Å². The number of rotatable bonds is 1. The van der Waals surface area contributed by atoms with Gasteiger partial charge in [0.15, 0.2) is 0 Å². The summed E-state index contributed by atoms with van der Waals surface area (Å²) in [6, 6.07) is 4.36. The third kappa shape index (κ3) is 3.06. The van der Waals surface area contributed by atoms with Gasteiger partial charge in [-0.05, 0) is 18.2 Å². The molecule has 0 amide bonds. The molecular formula is C10H8ClFO. The molecule has 0 fully saturated rings. The summed E-state index contributed by atoms with van der Waals surface area (Å²) in [6.07, 6.45) is 0.393. The Balaban J connectivity index is 2.81. The average Bonchev–Trinajstić information content (AvgIpc) is 2.12. The molecular weight excluding hydrogens is 191 g/mol. The van der Waals surface area contributed by atoms with Crippen LogP contribution in [0.15, 0.2) is 18.2 Å². The van der Waals surface area contributed by atoms with Gasteiger partial charge in [0.1, 0.15) is 5.82 Å². The minimum absolute atomic E-state index is 0.0169. The van der Waals surface area contributed by atoms with E-state index in [0.717, 1.165) is 0 Å². The molecule has 0 heterocycles. The largest absolute Gasteiger partial charge is 0.395 e. The number of halogens is 2. The van der Waals surface area contributed by atoms with Gasteiger partial charge in [0.2, 0.25) is 0 Å². The summed E-state index contributed by atoms with van der Waals surface area (Å²) in [6.45, 7) is 0.0169. The lowest BCUT2D eigenvalue weighted by Gasteiger charge is -1.93. The van der Waals surface area contributed by atoms with E-state index >= 15 is 0 Å². The van der Waals surface area contributed by atoms with Gasteiger partial charge >= 0.3 is 0 Å². The molecule has 1 aromatic carbocycles. The summed E-state index contributed by atoms with van der Waals surface area (Å²) in [5.74, 6) is 4.92. The highest BCUT2D eigenvalue weighted by molar-refractivity contribution is 6.30. The van der Waals surface area contributed by atoms with Gasteiger partial charge in [-0.3, -0.25) is 0 Å². The Labute approximate surface area is 81.2 Å². The van der Waals surface area contributed by atoms with E-state index in [0.29, 0.717) is 12.0 Å². The molecule has 0 aliphatic heterocycles. The fraction of sp³-hybridized carbons (Fsp3) is 0.200. The van der Waals surface area contributed by atoms with E-state index in [-0.39, 0.29) is 11.6 Å². The lowest BCUT2D eigenvalue weighted by atomic mass is 10.2. The van der Waals surface area contributed by atoms with Crippen LogP contribution in [0.5, 0.6) is 0 Å². The SMILES string of the molecule is OCCC#Cc1ccc(Cl)c(F)c1. The van der Waals surface area contributed by atoms with Crippen LogP contribution in [0.25, 0.3) is 0 Å². The second-order valence-electron chi connectivity index (χ2n) is 2.40. The Morgan fingerprint density at radius 3 is 2.85 bits per heavy atom. The molecule has 68 valence electrons. The lowest BCUT2D eigenvalue weighted by Crippen LogP contribution is -1.81. The van der Waals surface area contributed by atoms with Crippen molar-refractivity contribution < 1.29 is 9.50 Å². The fourth-order valence-corrected chi connectivity index (χ4v) is 0.912. The van der Waals surface area contributed by atoms with Crippen molar-refractivity contribution in [3.8, 4) is 11.8 Å². The van der Waals surface area contributed by atoms with E-state index in [1.165, 1.54) is 12.1 Å². The van der Waals surface area contributed by atoms with Crippen LogP contribution < -0.4 is 0 Å². The van der Waals surface area contributed by atoms with E-state index < -0.39 is 5.82 Å². The zero-order chi connectivity index (χ0) is 9.68. The van der Waals surface area contributed by atoms with Crippen molar-refractivity contribution in [3.63, 3.8) is 0 Å². The van der Waals surface area contributed by atoms with Crippen LogP contribution in [0, 0.1) is 17.7 Å². The monoisotopic (exact) mass is 198 g/mol. The summed E-state index contributed by atoms with van der Waals surface area (Å²) in [7, 11) is 0. The van der Waals surface area contributed by atoms with Crippen molar-refractivity contribution >= 4 is 11.6 Å². The summed E-state index contributed by atoms with van der Waals surface area (Å²) in [5.41, 5.74) is 0.565. The van der Waals surface area contributed by atoms with Crippen LogP contribution in [0.4, 0.5) is 4.39 Å². The maximum absolute atomic E-state index is 12.8. The summed E-state index contributed by atoms with van der Waals surface area (Å²) >= 11 is 5.48. The van der Waals surface area contributed by atoms with E-state index in [1.54, 1.807) is 6.07 Å². The molecule has 0 unspecified atom stereocenters. The van der Waals surface area contributed by atoms with Crippen molar-refractivity contribution in [3.05, 3.63) is 34.6 Å². The second kappa shape index (κ2) is 4.86. The zero-order valence-corrected chi connectivity index (χ0v) is 7.61. The highest BCUT2D eigenvalue weighted by atomic mass is 35.5. The average molecular weight is 199 g/mol. The minimum Gasteiger partial charge on any atom is -0.395 e. The van der Waals surface area contributed by atoms with Crippen molar-refractivity contribution in [1.29, 1.82) is 0 Å². The summed E-state index contributed by atoms with van der Waals surface area (Å²) in [4.78, 5) is 0. The predicted molar refractivity (Wildman–Crippen MR) is 50.0 cm³/mol. The van der Waals surface area contributed by atoms with Gasteiger partial charge in [0, 0.05) is 12.0 Å². The van der Waals surface area contributed by atoms with Crippen LogP contribution in [0.1, 0.15) is 12.0 Å². The van der Waals surface area contributed by atoms with Gasteiger partial charge in [-0.1, -0.05) is 23.4 Å². The maximum atomic E-state index is 12.8. The molecule has 0 aliphatic rings. The predicted octanol–water partition coefficient (Wildman–Crippen LogP) is 2.21.